The average molecular weight is 396 g/mol. The van der Waals surface area contributed by atoms with Crippen LogP contribution >= 0.6 is 11.6 Å². The summed E-state index contributed by atoms with van der Waals surface area (Å²) in [5.74, 6) is 0.517. The molecular weight excluding hydrogens is 374 g/mol. The van der Waals surface area contributed by atoms with Crippen molar-refractivity contribution in [2.24, 2.45) is 0 Å². The molecule has 0 saturated heterocycles. The second kappa shape index (κ2) is 9.76. The Balaban J connectivity index is 1.56. The summed E-state index contributed by atoms with van der Waals surface area (Å²) in [6.45, 7) is 3.37. The van der Waals surface area contributed by atoms with Gasteiger partial charge in [-0.3, -0.25) is 9.78 Å². The van der Waals surface area contributed by atoms with Crippen molar-refractivity contribution in [3.63, 3.8) is 0 Å². The Morgan fingerprint density at radius 1 is 1.04 bits per heavy atom. The molecule has 6 heteroatoms. The van der Waals surface area contributed by atoms with Gasteiger partial charge in [-0.05, 0) is 54.4 Å². The number of halogens is 1. The Labute approximate surface area is 169 Å². The minimum Gasteiger partial charge on any atom is -0.489 e. The van der Waals surface area contributed by atoms with Crippen molar-refractivity contribution < 1.29 is 9.53 Å². The van der Waals surface area contributed by atoms with Gasteiger partial charge in [0.2, 0.25) is 0 Å². The molecule has 0 saturated carbocycles. The molecule has 3 aromatic rings. The number of benzene rings is 2. The lowest BCUT2D eigenvalue weighted by molar-refractivity contribution is 0.102. The zero-order chi connectivity index (χ0) is 19.8. The van der Waals surface area contributed by atoms with Gasteiger partial charge >= 0.3 is 0 Å². The van der Waals surface area contributed by atoms with E-state index in [9.17, 15) is 4.79 Å². The van der Waals surface area contributed by atoms with E-state index < -0.39 is 0 Å². The number of anilines is 2. The molecule has 1 amide bonds. The van der Waals surface area contributed by atoms with E-state index in [1.165, 1.54) is 0 Å². The number of hydrogen-bond acceptors (Lipinski definition) is 4. The van der Waals surface area contributed by atoms with E-state index in [1.807, 2.05) is 48.5 Å². The zero-order valence-corrected chi connectivity index (χ0v) is 16.4. The monoisotopic (exact) mass is 395 g/mol. The zero-order valence-electron chi connectivity index (χ0n) is 15.6. The molecule has 1 heterocycles. The highest BCUT2D eigenvalue weighted by Crippen LogP contribution is 2.19. The third-order valence-corrected chi connectivity index (χ3v) is 4.26. The lowest BCUT2D eigenvalue weighted by atomic mass is 10.2. The van der Waals surface area contributed by atoms with Crippen LogP contribution in [0.15, 0.2) is 67.0 Å². The molecule has 0 spiro atoms. The van der Waals surface area contributed by atoms with Crippen molar-refractivity contribution in [3.8, 4) is 5.75 Å². The first-order valence-corrected chi connectivity index (χ1v) is 9.49. The van der Waals surface area contributed by atoms with Crippen LogP contribution in [-0.4, -0.2) is 17.4 Å². The molecule has 0 unspecified atom stereocenters. The van der Waals surface area contributed by atoms with Crippen molar-refractivity contribution in [3.05, 3.63) is 83.1 Å². The van der Waals surface area contributed by atoms with Gasteiger partial charge in [0.1, 0.15) is 12.4 Å². The predicted octanol–water partition coefficient (Wildman–Crippen LogP) is 5.39. The van der Waals surface area contributed by atoms with Crippen LogP contribution < -0.4 is 15.4 Å². The van der Waals surface area contributed by atoms with Gasteiger partial charge in [-0.1, -0.05) is 30.7 Å². The number of carbonyl (C=O) groups excluding carboxylic acids is 1. The van der Waals surface area contributed by atoms with E-state index in [-0.39, 0.29) is 5.91 Å². The molecule has 0 aliphatic heterocycles. The first kappa shape index (κ1) is 19.7. The number of carbonyl (C=O) groups is 1. The highest BCUT2D eigenvalue weighted by Gasteiger charge is 2.08. The summed E-state index contributed by atoms with van der Waals surface area (Å²) >= 11 is 5.88. The molecule has 0 bridgehead atoms. The van der Waals surface area contributed by atoms with Crippen LogP contribution in [0.25, 0.3) is 0 Å². The number of hydrogen-bond donors (Lipinski definition) is 2. The number of pyridine rings is 1. The van der Waals surface area contributed by atoms with Crippen LogP contribution in [0.5, 0.6) is 5.75 Å². The average Bonchev–Trinajstić information content (AvgIpc) is 2.73. The van der Waals surface area contributed by atoms with Crippen LogP contribution in [-0.2, 0) is 6.61 Å². The summed E-state index contributed by atoms with van der Waals surface area (Å²) < 4.78 is 5.76. The summed E-state index contributed by atoms with van der Waals surface area (Å²) in [7, 11) is 0. The van der Waals surface area contributed by atoms with Crippen LogP contribution in [0.2, 0.25) is 5.02 Å². The van der Waals surface area contributed by atoms with Gasteiger partial charge in [-0.2, -0.15) is 0 Å². The smallest absolute Gasteiger partial charge is 0.257 e. The third-order valence-electron chi connectivity index (χ3n) is 4.01. The van der Waals surface area contributed by atoms with Crippen LogP contribution in [0.4, 0.5) is 11.4 Å². The van der Waals surface area contributed by atoms with Crippen LogP contribution in [0.3, 0.4) is 0 Å². The van der Waals surface area contributed by atoms with E-state index >= 15 is 0 Å². The van der Waals surface area contributed by atoms with Gasteiger partial charge in [0, 0.05) is 29.6 Å². The highest BCUT2D eigenvalue weighted by atomic mass is 35.5. The van der Waals surface area contributed by atoms with Crippen molar-refractivity contribution >= 4 is 28.9 Å². The number of aromatic nitrogens is 1. The van der Waals surface area contributed by atoms with Gasteiger partial charge in [0.25, 0.3) is 5.91 Å². The topological polar surface area (TPSA) is 63.2 Å². The summed E-state index contributed by atoms with van der Waals surface area (Å²) in [6, 6.07) is 16.6. The SMILES string of the molecule is CCCNc1cncc(C(=O)Nc2ccc(OCc3ccc(Cl)cc3)cc2)c1. The maximum absolute atomic E-state index is 12.4. The fourth-order valence-corrected chi connectivity index (χ4v) is 2.64. The maximum atomic E-state index is 12.4. The van der Waals surface area contributed by atoms with Gasteiger partial charge < -0.3 is 15.4 Å². The molecule has 0 radical (unpaired) electrons. The molecule has 2 N–H and O–H groups in total. The van der Waals surface area contributed by atoms with E-state index in [2.05, 4.69) is 22.5 Å². The number of rotatable bonds is 8. The maximum Gasteiger partial charge on any atom is 0.257 e. The Morgan fingerprint density at radius 2 is 1.79 bits per heavy atom. The second-order valence-electron chi connectivity index (χ2n) is 6.28. The van der Waals surface area contributed by atoms with E-state index in [0.717, 1.165) is 30.0 Å². The number of nitrogens with zero attached hydrogens (tertiary/aromatic N) is 1. The molecule has 2 aromatic carbocycles. The third kappa shape index (κ3) is 5.72. The lowest BCUT2D eigenvalue weighted by Gasteiger charge is -2.09. The fraction of sp³-hybridized carbons (Fsp3) is 0.182. The summed E-state index contributed by atoms with van der Waals surface area (Å²) in [5, 5.41) is 6.80. The highest BCUT2D eigenvalue weighted by molar-refractivity contribution is 6.30. The molecule has 0 atom stereocenters. The lowest BCUT2D eigenvalue weighted by Crippen LogP contribution is -2.13. The molecule has 3 rings (SSSR count). The quantitative estimate of drug-likeness (QED) is 0.536. The molecule has 28 heavy (non-hydrogen) atoms. The van der Waals surface area contributed by atoms with Crippen LogP contribution in [0, 0.1) is 0 Å². The van der Waals surface area contributed by atoms with Crippen LogP contribution in [0.1, 0.15) is 29.3 Å². The van der Waals surface area contributed by atoms with E-state index in [0.29, 0.717) is 22.9 Å². The molecule has 1 aromatic heterocycles. The summed E-state index contributed by atoms with van der Waals surface area (Å²) in [6.07, 6.45) is 4.26. The van der Waals surface area contributed by atoms with Crippen molar-refractivity contribution in [2.75, 3.05) is 17.2 Å². The predicted molar refractivity (Wildman–Crippen MR) is 113 cm³/mol. The standard InChI is InChI=1S/C22H22ClN3O2/c1-2-11-25-20-12-17(13-24-14-20)22(27)26-19-7-9-21(10-8-19)28-15-16-3-5-18(23)6-4-16/h3-10,12-14,25H,2,11,15H2,1H3,(H,26,27). The summed E-state index contributed by atoms with van der Waals surface area (Å²) in [4.78, 5) is 16.6. The molecular formula is C22H22ClN3O2. The largest absolute Gasteiger partial charge is 0.489 e. The minimum atomic E-state index is -0.206. The Bertz CT molecular complexity index is 912. The first-order chi connectivity index (χ1) is 13.6. The number of ether oxygens (including phenoxy) is 1. The molecule has 5 nitrogen and oxygen atoms in total. The van der Waals surface area contributed by atoms with Crippen molar-refractivity contribution in [1.82, 2.24) is 4.98 Å². The minimum absolute atomic E-state index is 0.206. The van der Waals surface area contributed by atoms with E-state index in [1.54, 1.807) is 18.5 Å². The molecule has 144 valence electrons. The normalized spacial score (nSPS) is 10.4. The Kier molecular flexibility index (Phi) is 6.87. The van der Waals surface area contributed by atoms with Gasteiger partial charge in [0.05, 0.1) is 11.3 Å². The molecule has 0 fully saturated rings. The Hall–Kier alpha value is -3.05. The second-order valence-corrected chi connectivity index (χ2v) is 6.72. The first-order valence-electron chi connectivity index (χ1n) is 9.11. The van der Waals surface area contributed by atoms with Gasteiger partial charge in [-0.25, -0.2) is 0 Å². The van der Waals surface area contributed by atoms with E-state index in [4.69, 9.17) is 16.3 Å². The molecule has 0 aliphatic rings. The van der Waals surface area contributed by atoms with Gasteiger partial charge in [-0.15, -0.1) is 0 Å². The fourth-order valence-electron chi connectivity index (χ4n) is 2.52. The van der Waals surface area contributed by atoms with Gasteiger partial charge in [0.15, 0.2) is 0 Å². The number of nitrogens with one attached hydrogen (secondary N) is 2. The molecule has 0 aliphatic carbocycles. The summed E-state index contributed by atoms with van der Waals surface area (Å²) in [5.41, 5.74) is 3.06. The number of amides is 1. The van der Waals surface area contributed by atoms with Crippen molar-refractivity contribution in [1.29, 1.82) is 0 Å². The van der Waals surface area contributed by atoms with Crippen molar-refractivity contribution in [2.45, 2.75) is 20.0 Å². The Morgan fingerprint density at radius 3 is 2.50 bits per heavy atom.